The molecule has 1 aliphatic carbocycles. The van der Waals surface area contributed by atoms with Crippen LogP contribution >= 0.6 is 0 Å². The Morgan fingerprint density at radius 1 is 1.07 bits per heavy atom. The van der Waals surface area contributed by atoms with Gasteiger partial charge in [-0.3, -0.25) is 14.5 Å². The van der Waals surface area contributed by atoms with Crippen molar-refractivity contribution in [3.05, 3.63) is 48.0 Å². The molecule has 29 heavy (non-hydrogen) atoms. The molecule has 2 aromatic rings. The van der Waals surface area contributed by atoms with Crippen LogP contribution in [-0.2, 0) is 9.59 Å². The molecule has 6 heteroatoms. The van der Waals surface area contributed by atoms with E-state index in [-0.39, 0.29) is 30.4 Å². The van der Waals surface area contributed by atoms with Gasteiger partial charge in [-0.05, 0) is 36.1 Å². The fraction of sp³-hybridized carbons (Fsp3) is 0.435. The SMILES string of the molecule is C[C@@H](NC(=O)CN1C(=O)N(C)C2(CCCCC2)C1=O)c1cccc2ccccc12. The van der Waals surface area contributed by atoms with Crippen LogP contribution in [0.3, 0.4) is 0 Å². The lowest BCUT2D eigenvalue weighted by molar-refractivity contribution is -0.137. The smallest absolute Gasteiger partial charge is 0.327 e. The molecule has 1 atom stereocenters. The zero-order chi connectivity index (χ0) is 20.6. The van der Waals surface area contributed by atoms with Gasteiger partial charge in [0, 0.05) is 7.05 Å². The number of amides is 4. The highest BCUT2D eigenvalue weighted by Gasteiger charge is 2.55. The molecule has 1 N–H and O–H groups in total. The van der Waals surface area contributed by atoms with Crippen molar-refractivity contribution in [2.24, 2.45) is 0 Å². The van der Waals surface area contributed by atoms with Gasteiger partial charge in [0.15, 0.2) is 0 Å². The number of nitrogens with one attached hydrogen (secondary N) is 1. The van der Waals surface area contributed by atoms with Crippen LogP contribution in [0.1, 0.15) is 50.6 Å². The lowest BCUT2D eigenvalue weighted by Crippen LogP contribution is -2.49. The second-order valence-corrected chi connectivity index (χ2v) is 8.18. The number of likely N-dealkylation sites (N-methyl/N-ethyl adjacent to an activating group) is 1. The first-order valence-electron chi connectivity index (χ1n) is 10.3. The summed E-state index contributed by atoms with van der Waals surface area (Å²) in [6, 6.07) is 13.4. The van der Waals surface area contributed by atoms with Gasteiger partial charge in [-0.2, -0.15) is 0 Å². The third kappa shape index (κ3) is 3.26. The molecular weight excluding hydrogens is 366 g/mol. The van der Waals surface area contributed by atoms with Crippen LogP contribution < -0.4 is 5.32 Å². The lowest BCUT2D eigenvalue weighted by Gasteiger charge is -2.35. The van der Waals surface area contributed by atoms with E-state index in [0.29, 0.717) is 12.8 Å². The summed E-state index contributed by atoms with van der Waals surface area (Å²) >= 11 is 0. The van der Waals surface area contributed by atoms with Crippen LogP contribution in [0.25, 0.3) is 10.8 Å². The third-order valence-electron chi connectivity index (χ3n) is 6.45. The summed E-state index contributed by atoms with van der Waals surface area (Å²) in [5.41, 5.74) is 0.257. The summed E-state index contributed by atoms with van der Waals surface area (Å²) in [6.45, 7) is 1.68. The topological polar surface area (TPSA) is 69.7 Å². The molecule has 1 saturated carbocycles. The number of urea groups is 1. The van der Waals surface area contributed by atoms with Crippen molar-refractivity contribution in [1.82, 2.24) is 15.1 Å². The van der Waals surface area contributed by atoms with E-state index in [9.17, 15) is 14.4 Å². The Labute approximate surface area is 170 Å². The molecule has 4 rings (SSSR count). The van der Waals surface area contributed by atoms with Gasteiger partial charge < -0.3 is 10.2 Å². The number of hydrogen-bond donors (Lipinski definition) is 1. The van der Waals surface area contributed by atoms with Crippen LogP contribution in [0, 0.1) is 0 Å². The molecule has 4 amide bonds. The number of carbonyl (C=O) groups is 3. The van der Waals surface area contributed by atoms with E-state index in [1.165, 1.54) is 0 Å². The predicted octanol–water partition coefficient (Wildman–Crippen LogP) is 3.61. The molecule has 6 nitrogen and oxygen atoms in total. The van der Waals surface area contributed by atoms with E-state index in [0.717, 1.165) is 40.5 Å². The van der Waals surface area contributed by atoms with Crippen LogP contribution in [0.2, 0.25) is 0 Å². The number of hydrogen-bond acceptors (Lipinski definition) is 3. The van der Waals surface area contributed by atoms with Crippen molar-refractivity contribution in [1.29, 1.82) is 0 Å². The molecule has 1 aliphatic heterocycles. The van der Waals surface area contributed by atoms with Crippen molar-refractivity contribution < 1.29 is 14.4 Å². The minimum absolute atomic E-state index is 0.224. The Morgan fingerprint density at radius 3 is 2.52 bits per heavy atom. The van der Waals surface area contributed by atoms with E-state index in [4.69, 9.17) is 0 Å². The Balaban J connectivity index is 1.48. The van der Waals surface area contributed by atoms with Gasteiger partial charge in [-0.15, -0.1) is 0 Å². The highest BCUT2D eigenvalue weighted by molar-refractivity contribution is 6.09. The molecule has 1 spiro atoms. The normalized spacial score (nSPS) is 19.8. The highest BCUT2D eigenvalue weighted by Crippen LogP contribution is 2.39. The quantitative estimate of drug-likeness (QED) is 0.807. The van der Waals surface area contributed by atoms with E-state index < -0.39 is 5.54 Å². The Hall–Kier alpha value is -2.89. The summed E-state index contributed by atoms with van der Waals surface area (Å²) in [7, 11) is 1.68. The second kappa shape index (κ2) is 7.50. The van der Waals surface area contributed by atoms with Gasteiger partial charge in [0.2, 0.25) is 5.91 Å². The summed E-state index contributed by atoms with van der Waals surface area (Å²) in [6.07, 6.45) is 4.31. The first kappa shape index (κ1) is 19.4. The van der Waals surface area contributed by atoms with Gasteiger partial charge in [-0.25, -0.2) is 4.79 Å². The van der Waals surface area contributed by atoms with Gasteiger partial charge >= 0.3 is 6.03 Å². The summed E-state index contributed by atoms with van der Waals surface area (Å²) in [5, 5.41) is 5.15. The van der Waals surface area contributed by atoms with Crippen molar-refractivity contribution in [2.75, 3.05) is 13.6 Å². The zero-order valence-electron chi connectivity index (χ0n) is 17.0. The molecule has 152 valence electrons. The monoisotopic (exact) mass is 393 g/mol. The molecule has 0 bridgehead atoms. The van der Waals surface area contributed by atoms with Crippen LogP contribution in [0.4, 0.5) is 4.79 Å². The average molecular weight is 393 g/mol. The van der Waals surface area contributed by atoms with Gasteiger partial charge in [0.05, 0.1) is 6.04 Å². The van der Waals surface area contributed by atoms with Crippen molar-refractivity contribution in [3.63, 3.8) is 0 Å². The number of carbonyl (C=O) groups excluding carboxylic acids is 3. The molecule has 2 aromatic carbocycles. The van der Waals surface area contributed by atoms with Crippen molar-refractivity contribution in [2.45, 2.75) is 50.6 Å². The fourth-order valence-electron chi connectivity index (χ4n) is 4.81. The predicted molar refractivity (Wildman–Crippen MR) is 111 cm³/mol. The molecule has 0 unspecified atom stereocenters. The number of benzene rings is 2. The van der Waals surface area contributed by atoms with E-state index >= 15 is 0 Å². The van der Waals surface area contributed by atoms with E-state index in [1.807, 2.05) is 49.4 Å². The molecule has 1 heterocycles. The largest absolute Gasteiger partial charge is 0.348 e. The summed E-state index contributed by atoms with van der Waals surface area (Å²) < 4.78 is 0. The molecule has 0 radical (unpaired) electrons. The average Bonchev–Trinajstić information content (AvgIpc) is 2.90. The van der Waals surface area contributed by atoms with Crippen LogP contribution in [0.5, 0.6) is 0 Å². The van der Waals surface area contributed by atoms with Gasteiger partial charge in [0.25, 0.3) is 5.91 Å². The second-order valence-electron chi connectivity index (χ2n) is 8.18. The number of imide groups is 1. The van der Waals surface area contributed by atoms with E-state index in [2.05, 4.69) is 5.32 Å². The van der Waals surface area contributed by atoms with Crippen molar-refractivity contribution >= 4 is 28.6 Å². The summed E-state index contributed by atoms with van der Waals surface area (Å²) in [4.78, 5) is 41.1. The first-order chi connectivity index (χ1) is 13.9. The molecule has 0 aromatic heterocycles. The van der Waals surface area contributed by atoms with Gasteiger partial charge in [0.1, 0.15) is 12.1 Å². The zero-order valence-corrected chi connectivity index (χ0v) is 17.0. The Kier molecular flexibility index (Phi) is 5.03. The minimum atomic E-state index is -0.753. The molecule has 2 fully saturated rings. The number of fused-ring (bicyclic) bond motifs is 1. The molecule has 1 saturated heterocycles. The number of rotatable bonds is 4. The molecular formula is C23H27N3O3. The maximum absolute atomic E-state index is 13.1. The highest BCUT2D eigenvalue weighted by atomic mass is 16.2. The maximum Gasteiger partial charge on any atom is 0.327 e. The third-order valence-corrected chi connectivity index (χ3v) is 6.45. The maximum atomic E-state index is 13.1. The van der Waals surface area contributed by atoms with Crippen LogP contribution in [0.15, 0.2) is 42.5 Å². The van der Waals surface area contributed by atoms with Crippen LogP contribution in [-0.4, -0.2) is 46.8 Å². The minimum Gasteiger partial charge on any atom is -0.348 e. The Morgan fingerprint density at radius 2 is 1.76 bits per heavy atom. The first-order valence-corrected chi connectivity index (χ1v) is 10.3. The van der Waals surface area contributed by atoms with E-state index in [1.54, 1.807) is 11.9 Å². The fourth-order valence-corrected chi connectivity index (χ4v) is 4.81. The standard InChI is InChI=1S/C23H27N3O3/c1-16(18-12-8-10-17-9-4-5-11-19(17)18)24-20(27)15-26-21(28)23(25(2)22(26)29)13-6-3-7-14-23/h4-5,8-12,16H,3,6-7,13-15H2,1-2H3,(H,24,27)/t16-/m1/s1. The lowest BCUT2D eigenvalue weighted by atomic mass is 9.81. The number of nitrogens with zero attached hydrogens (tertiary/aromatic N) is 2. The van der Waals surface area contributed by atoms with Crippen molar-refractivity contribution in [3.8, 4) is 0 Å². The Bertz CT molecular complexity index is 959. The molecule has 2 aliphatic rings. The van der Waals surface area contributed by atoms with Gasteiger partial charge in [-0.1, -0.05) is 61.7 Å². The summed E-state index contributed by atoms with van der Waals surface area (Å²) in [5.74, 6) is -0.550.